The second-order valence-corrected chi connectivity index (χ2v) is 3.03. The summed E-state index contributed by atoms with van der Waals surface area (Å²) in [7, 11) is 0. The fourth-order valence-electron chi connectivity index (χ4n) is 0.811. The molecule has 0 amide bonds. The van der Waals surface area contributed by atoms with E-state index in [2.05, 4.69) is 22.4 Å². The molecule has 70 valence electrons. The lowest BCUT2D eigenvalue weighted by atomic mass is 10.4. The van der Waals surface area contributed by atoms with Crippen molar-refractivity contribution in [2.45, 2.75) is 13.3 Å². The van der Waals surface area contributed by atoms with Crippen LogP contribution in [0.15, 0.2) is 12.1 Å². The largest absolute Gasteiger partial charge is 0.388 e. The molecule has 5 heteroatoms. The highest BCUT2D eigenvalue weighted by Gasteiger charge is 1.98. The molecule has 0 aliphatic rings. The van der Waals surface area contributed by atoms with E-state index in [-0.39, 0.29) is 4.99 Å². The van der Waals surface area contributed by atoms with E-state index in [1.165, 1.54) is 0 Å². The third kappa shape index (κ3) is 2.95. The lowest BCUT2D eigenvalue weighted by Gasteiger charge is -2.02. The molecule has 0 spiro atoms. The van der Waals surface area contributed by atoms with Crippen LogP contribution < -0.4 is 11.1 Å². The second-order valence-electron chi connectivity index (χ2n) is 2.59. The number of hydrogen-bond donors (Lipinski definition) is 2. The number of rotatable bonds is 4. The van der Waals surface area contributed by atoms with Crippen LogP contribution in [-0.2, 0) is 0 Å². The topological polar surface area (TPSA) is 63.8 Å². The van der Waals surface area contributed by atoms with Gasteiger partial charge in [-0.1, -0.05) is 19.1 Å². The van der Waals surface area contributed by atoms with Crippen molar-refractivity contribution in [3.63, 3.8) is 0 Å². The molecule has 0 aliphatic heterocycles. The van der Waals surface area contributed by atoms with E-state index in [1.807, 2.05) is 6.07 Å². The standard InChI is InChI=1S/C8H12N4S/c1-2-5-10-7-4-3-6(8(9)13)11-12-7/h3-4H,2,5H2,1H3,(H2,9,13)(H,10,12). The molecule has 0 unspecified atom stereocenters. The zero-order valence-electron chi connectivity index (χ0n) is 7.45. The predicted molar refractivity (Wildman–Crippen MR) is 56.7 cm³/mol. The molecular weight excluding hydrogens is 184 g/mol. The van der Waals surface area contributed by atoms with Crippen LogP contribution in [0, 0.1) is 0 Å². The van der Waals surface area contributed by atoms with Gasteiger partial charge < -0.3 is 11.1 Å². The van der Waals surface area contributed by atoms with E-state index in [9.17, 15) is 0 Å². The van der Waals surface area contributed by atoms with Gasteiger partial charge in [0.25, 0.3) is 0 Å². The van der Waals surface area contributed by atoms with Gasteiger partial charge in [-0.05, 0) is 18.6 Å². The average Bonchev–Trinajstić information content (AvgIpc) is 2.15. The Labute approximate surface area is 82.5 Å². The first kappa shape index (κ1) is 9.85. The lowest BCUT2D eigenvalue weighted by Crippen LogP contribution is -2.13. The highest BCUT2D eigenvalue weighted by atomic mass is 32.1. The van der Waals surface area contributed by atoms with Crippen LogP contribution in [0.25, 0.3) is 0 Å². The smallest absolute Gasteiger partial charge is 0.148 e. The van der Waals surface area contributed by atoms with Crippen LogP contribution in [0.4, 0.5) is 5.82 Å². The minimum absolute atomic E-state index is 0.273. The van der Waals surface area contributed by atoms with Gasteiger partial charge in [-0.15, -0.1) is 10.2 Å². The van der Waals surface area contributed by atoms with Crippen LogP contribution in [0.1, 0.15) is 19.0 Å². The number of nitrogens with two attached hydrogens (primary N) is 1. The molecule has 4 nitrogen and oxygen atoms in total. The Bertz CT molecular complexity index is 283. The molecule has 13 heavy (non-hydrogen) atoms. The highest BCUT2D eigenvalue weighted by molar-refractivity contribution is 7.80. The van der Waals surface area contributed by atoms with Crippen LogP contribution in [0.3, 0.4) is 0 Å². The summed E-state index contributed by atoms with van der Waals surface area (Å²) in [4.78, 5) is 0.273. The Hall–Kier alpha value is -1.23. The maximum atomic E-state index is 5.37. The van der Waals surface area contributed by atoms with E-state index in [1.54, 1.807) is 6.07 Å². The number of aromatic nitrogens is 2. The third-order valence-corrected chi connectivity index (χ3v) is 1.68. The monoisotopic (exact) mass is 196 g/mol. The summed E-state index contributed by atoms with van der Waals surface area (Å²) in [5, 5.41) is 10.9. The summed E-state index contributed by atoms with van der Waals surface area (Å²) in [6.07, 6.45) is 1.05. The van der Waals surface area contributed by atoms with Gasteiger partial charge in [0, 0.05) is 6.54 Å². The van der Waals surface area contributed by atoms with Crippen molar-refractivity contribution in [2.75, 3.05) is 11.9 Å². The normalized spacial score (nSPS) is 9.62. The number of hydrogen-bond acceptors (Lipinski definition) is 4. The summed E-state index contributed by atoms with van der Waals surface area (Å²) in [5.74, 6) is 0.752. The Morgan fingerprint density at radius 1 is 1.54 bits per heavy atom. The average molecular weight is 196 g/mol. The number of anilines is 1. The zero-order chi connectivity index (χ0) is 9.68. The molecule has 1 aromatic rings. The van der Waals surface area contributed by atoms with E-state index >= 15 is 0 Å². The van der Waals surface area contributed by atoms with Crippen molar-refractivity contribution in [1.29, 1.82) is 0 Å². The minimum atomic E-state index is 0.273. The molecule has 1 heterocycles. The van der Waals surface area contributed by atoms with Gasteiger partial charge in [0.2, 0.25) is 0 Å². The molecule has 1 rings (SSSR count). The van der Waals surface area contributed by atoms with Crippen molar-refractivity contribution >= 4 is 23.0 Å². The predicted octanol–water partition coefficient (Wildman–Crippen LogP) is 0.933. The lowest BCUT2D eigenvalue weighted by molar-refractivity contribution is 0.940. The van der Waals surface area contributed by atoms with E-state index in [4.69, 9.17) is 18.0 Å². The zero-order valence-corrected chi connectivity index (χ0v) is 8.27. The maximum absolute atomic E-state index is 5.37. The van der Waals surface area contributed by atoms with Gasteiger partial charge in [-0.3, -0.25) is 0 Å². The van der Waals surface area contributed by atoms with Gasteiger partial charge in [0.15, 0.2) is 0 Å². The molecule has 0 aliphatic carbocycles. The van der Waals surface area contributed by atoms with Crippen molar-refractivity contribution in [3.05, 3.63) is 17.8 Å². The minimum Gasteiger partial charge on any atom is -0.388 e. The molecule has 0 saturated carbocycles. The van der Waals surface area contributed by atoms with Gasteiger partial charge in [-0.2, -0.15) is 0 Å². The fourth-order valence-corrected chi connectivity index (χ4v) is 0.920. The van der Waals surface area contributed by atoms with E-state index < -0.39 is 0 Å². The first-order valence-electron chi connectivity index (χ1n) is 4.11. The molecule has 1 aromatic heterocycles. The molecule has 0 fully saturated rings. The number of nitrogens with one attached hydrogen (secondary N) is 1. The van der Waals surface area contributed by atoms with E-state index in [0.29, 0.717) is 5.69 Å². The third-order valence-electron chi connectivity index (χ3n) is 1.47. The first-order valence-corrected chi connectivity index (χ1v) is 4.52. The molecular formula is C8H12N4S. The quantitative estimate of drug-likeness (QED) is 0.701. The molecule has 3 N–H and O–H groups in total. The molecule has 0 bridgehead atoms. The Morgan fingerprint density at radius 3 is 2.77 bits per heavy atom. The van der Waals surface area contributed by atoms with Crippen molar-refractivity contribution in [3.8, 4) is 0 Å². The molecule has 0 aromatic carbocycles. The van der Waals surface area contributed by atoms with Crippen LogP contribution in [0.5, 0.6) is 0 Å². The number of thiocarbonyl (C=S) groups is 1. The molecule has 0 radical (unpaired) electrons. The highest BCUT2D eigenvalue weighted by Crippen LogP contribution is 2.01. The van der Waals surface area contributed by atoms with Gasteiger partial charge >= 0.3 is 0 Å². The van der Waals surface area contributed by atoms with Crippen molar-refractivity contribution in [1.82, 2.24) is 10.2 Å². The van der Waals surface area contributed by atoms with Crippen LogP contribution >= 0.6 is 12.2 Å². The maximum Gasteiger partial charge on any atom is 0.148 e. The molecule has 0 atom stereocenters. The molecule has 0 saturated heterocycles. The van der Waals surface area contributed by atoms with Crippen molar-refractivity contribution < 1.29 is 0 Å². The summed E-state index contributed by atoms with van der Waals surface area (Å²) < 4.78 is 0. The van der Waals surface area contributed by atoms with Crippen LogP contribution in [-0.4, -0.2) is 21.7 Å². The Morgan fingerprint density at radius 2 is 2.31 bits per heavy atom. The van der Waals surface area contributed by atoms with E-state index in [0.717, 1.165) is 18.8 Å². The summed E-state index contributed by atoms with van der Waals surface area (Å²) in [5.41, 5.74) is 5.93. The summed E-state index contributed by atoms with van der Waals surface area (Å²) in [6, 6.07) is 3.57. The first-order chi connectivity index (χ1) is 6.24. The van der Waals surface area contributed by atoms with Gasteiger partial charge in [0.05, 0.1) is 0 Å². The fraction of sp³-hybridized carbons (Fsp3) is 0.375. The summed E-state index contributed by atoms with van der Waals surface area (Å²) >= 11 is 4.75. The summed E-state index contributed by atoms with van der Waals surface area (Å²) in [6.45, 7) is 2.98. The Balaban J connectivity index is 2.64. The van der Waals surface area contributed by atoms with Crippen molar-refractivity contribution in [2.24, 2.45) is 5.73 Å². The number of nitrogens with zero attached hydrogens (tertiary/aromatic N) is 2. The SMILES string of the molecule is CCCNc1ccc(C(N)=S)nn1. The van der Waals surface area contributed by atoms with Crippen LogP contribution in [0.2, 0.25) is 0 Å². The van der Waals surface area contributed by atoms with Gasteiger partial charge in [0.1, 0.15) is 16.5 Å². The van der Waals surface area contributed by atoms with Gasteiger partial charge in [-0.25, -0.2) is 0 Å². The second kappa shape index (κ2) is 4.71. The Kier molecular flexibility index (Phi) is 3.57.